The Bertz CT molecular complexity index is 610. The fourth-order valence-corrected chi connectivity index (χ4v) is 1.62. The van der Waals surface area contributed by atoms with Crippen molar-refractivity contribution in [3.05, 3.63) is 42.2 Å². The van der Waals surface area contributed by atoms with Crippen LogP contribution in [-0.4, -0.2) is 40.0 Å². The number of para-hydroxylation sites is 1. The normalized spacial score (nSPS) is 10.1. The Kier molecular flexibility index (Phi) is 5.03. The van der Waals surface area contributed by atoms with Gasteiger partial charge in [-0.1, -0.05) is 18.2 Å². The van der Waals surface area contributed by atoms with Gasteiger partial charge in [-0.3, -0.25) is 4.79 Å². The molecule has 1 heterocycles. The SMILES string of the molecule is CC(=O)NCCCOC(=O)c1cnn(-c2ccccc2)n1. The summed E-state index contributed by atoms with van der Waals surface area (Å²) in [6, 6.07) is 9.28. The van der Waals surface area contributed by atoms with Crippen LogP contribution in [0.4, 0.5) is 0 Å². The second-order valence-corrected chi connectivity index (χ2v) is 4.33. The largest absolute Gasteiger partial charge is 0.461 e. The van der Waals surface area contributed by atoms with Crippen LogP contribution in [0.3, 0.4) is 0 Å². The van der Waals surface area contributed by atoms with Gasteiger partial charge < -0.3 is 10.1 Å². The van der Waals surface area contributed by atoms with Gasteiger partial charge in [0.15, 0.2) is 5.69 Å². The predicted molar refractivity (Wildman–Crippen MR) is 74.9 cm³/mol. The minimum Gasteiger partial charge on any atom is -0.461 e. The van der Waals surface area contributed by atoms with Gasteiger partial charge in [-0.25, -0.2) is 4.79 Å². The first-order valence-electron chi connectivity index (χ1n) is 6.56. The van der Waals surface area contributed by atoms with Crippen LogP contribution in [-0.2, 0) is 9.53 Å². The van der Waals surface area contributed by atoms with E-state index in [-0.39, 0.29) is 18.2 Å². The molecule has 0 aliphatic heterocycles. The van der Waals surface area contributed by atoms with Crippen molar-refractivity contribution in [3.8, 4) is 5.69 Å². The molecular formula is C14H16N4O3. The maximum Gasteiger partial charge on any atom is 0.360 e. The van der Waals surface area contributed by atoms with Crippen LogP contribution < -0.4 is 5.32 Å². The number of ether oxygens (including phenoxy) is 1. The number of carbonyl (C=O) groups excluding carboxylic acids is 2. The van der Waals surface area contributed by atoms with Crippen molar-refractivity contribution in [2.75, 3.05) is 13.2 Å². The summed E-state index contributed by atoms with van der Waals surface area (Å²) in [5, 5.41) is 10.7. The van der Waals surface area contributed by atoms with E-state index in [1.54, 1.807) is 0 Å². The van der Waals surface area contributed by atoms with Gasteiger partial charge in [0.25, 0.3) is 0 Å². The molecule has 1 aromatic heterocycles. The first kappa shape index (κ1) is 14.7. The van der Waals surface area contributed by atoms with E-state index in [9.17, 15) is 9.59 Å². The lowest BCUT2D eigenvalue weighted by Gasteiger charge is -2.03. The third kappa shape index (κ3) is 4.41. The number of carbonyl (C=O) groups is 2. The van der Waals surface area contributed by atoms with Crippen molar-refractivity contribution in [3.63, 3.8) is 0 Å². The number of aromatic nitrogens is 3. The molecule has 0 radical (unpaired) electrons. The summed E-state index contributed by atoms with van der Waals surface area (Å²) in [6.45, 7) is 2.13. The van der Waals surface area contributed by atoms with Gasteiger partial charge in [0.1, 0.15) is 0 Å². The van der Waals surface area contributed by atoms with Crippen LogP contribution in [0.2, 0.25) is 0 Å². The summed E-state index contributed by atoms with van der Waals surface area (Å²) in [6.07, 6.45) is 1.92. The minimum absolute atomic E-state index is 0.105. The summed E-state index contributed by atoms with van der Waals surface area (Å²) in [5.41, 5.74) is 0.917. The highest BCUT2D eigenvalue weighted by Gasteiger charge is 2.12. The summed E-state index contributed by atoms with van der Waals surface area (Å²) in [5.74, 6) is -0.632. The van der Waals surface area contributed by atoms with Gasteiger partial charge in [0, 0.05) is 13.5 Å². The Morgan fingerprint density at radius 3 is 2.76 bits per heavy atom. The van der Waals surface area contributed by atoms with E-state index in [1.165, 1.54) is 17.9 Å². The molecule has 0 fully saturated rings. The smallest absolute Gasteiger partial charge is 0.360 e. The molecule has 110 valence electrons. The van der Waals surface area contributed by atoms with Crippen LogP contribution in [0.5, 0.6) is 0 Å². The first-order chi connectivity index (χ1) is 10.2. The molecule has 7 nitrogen and oxygen atoms in total. The number of nitrogens with zero attached hydrogens (tertiary/aromatic N) is 3. The fraction of sp³-hybridized carbons (Fsp3) is 0.286. The maximum atomic E-state index is 11.8. The lowest BCUT2D eigenvalue weighted by atomic mass is 10.3. The van der Waals surface area contributed by atoms with Crippen LogP contribution in [0, 0.1) is 0 Å². The number of hydrogen-bond donors (Lipinski definition) is 1. The van der Waals surface area contributed by atoms with Crippen LogP contribution >= 0.6 is 0 Å². The topological polar surface area (TPSA) is 86.1 Å². The highest BCUT2D eigenvalue weighted by atomic mass is 16.5. The number of nitrogens with one attached hydrogen (secondary N) is 1. The monoisotopic (exact) mass is 288 g/mol. The predicted octanol–water partition coefficient (Wildman–Crippen LogP) is 0.950. The molecule has 0 spiro atoms. The molecule has 2 rings (SSSR count). The number of benzene rings is 1. The fourth-order valence-electron chi connectivity index (χ4n) is 1.62. The first-order valence-corrected chi connectivity index (χ1v) is 6.56. The van der Waals surface area contributed by atoms with Crippen molar-refractivity contribution >= 4 is 11.9 Å². The Labute approximate surface area is 121 Å². The van der Waals surface area contributed by atoms with Crippen molar-refractivity contribution < 1.29 is 14.3 Å². The second kappa shape index (κ2) is 7.18. The van der Waals surface area contributed by atoms with Crippen molar-refractivity contribution in [1.29, 1.82) is 0 Å². The van der Waals surface area contributed by atoms with Gasteiger partial charge >= 0.3 is 5.97 Å². The molecule has 0 aliphatic carbocycles. The molecule has 1 N–H and O–H groups in total. The van der Waals surface area contributed by atoms with Crippen molar-refractivity contribution in [1.82, 2.24) is 20.3 Å². The van der Waals surface area contributed by atoms with Crippen molar-refractivity contribution in [2.24, 2.45) is 0 Å². The van der Waals surface area contributed by atoms with Gasteiger partial charge in [-0.05, 0) is 18.6 Å². The summed E-state index contributed by atoms with van der Waals surface area (Å²) in [7, 11) is 0. The molecule has 0 bridgehead atoms. The highest BCUT2D eigenvalue weighted by molar-refractivity contribution is 5.86. The molecule has 0 atom stereocenters. The number of esters is 1. The summed E-state index contributed by atoms with van der Waals surface area (Å²) >= 11 is 0. The Balaban J connectivity index is 1.84. The number of amides is 1. The van der Waals surface area contributed by atoms with E-state index in [1.807, 2.05) is 30.3 Å². The van der Waals surface area contributed by atoms with E-state index in [4.69, 9.17) is 4.74 Å². The molecule has 1 amide bonds. The minimum atomic E-state index is -0.528. The molecular weight excluding hydrogens is 272 g/mol. The van der Waals surface area contributed by atoms with Crippen LogP contribution in [0.1, 0.15) is 23.8 Å². The average Bonchev–Trinajstić information content (AvgIpc) is 2.97. The molecule has 2 aromatic rings. The van der Waals surface area contributed by atoms with E-state index in [0.29, 0.717) is 13.0 Å². The average molecular weight is 288 g/mol. The zero-order chi connectivity index (χ0) is 15.1. The van der Waals surface area contributed by atoms with E-state index < -0.39 is 5.97 Å². The highest BCUT2D eigenvalue weighted by Crippen LogP contribution is 2.05. The third-order valence-electron chi connectivity index (χ3n) is 2.62. The Hall–Kier alpha value is -2.70. The Morgan fingerprint density at radius 1 is 1.29 bits per heavy atom. The van der Waals surface area contributed by atoms with Gasteiger partial charge in [-0.2, -0.15) is 9.90 Å². The quantitative estimate of drug-likeness (QED) is 0.632. The molecule has 0 saturated carbocycles. The maximum absolute atomic E-state index is 11.8. The second-order valence-electron chi connectivity index (χ2n) is 4.33. The molecule has 0 aliphatic rings. The van der Waals surface area contributed by atoms with Crippen LogP contribution in [0.15, 0.2) is 36.5 Å². The summed E-state index contributed by atoms with van der Waals surface area (Å²) in [4.78, 5) is 23.8. The third-order valence-corrected chi connectivity index (χ3v) is 2.62. The van der Waals surface area contributed by atoms with E-state index >= 15 is 0 Å². The van der Waals surface area contributed by atoms with E-state index in [2.05, 4.69) is 15.5 Å². The van der Waals surface area contributed by atoms with Crippen LogP contribution in [0.25, 0.3) is 5.69 Å². The van der Waals surface area contributed by atoms with Gasteiger partial charge in [0.05, 0.1) is 18.5 Å². The lowest BCUT2D eigenvalue weighted by molar-refractivity contribution is -0.118. The lowest BCUT2D eigenvalue weighted by Crippen LogP contribution is -2.22. The summed E-state index contributed by atoms with van der Waals surface area (Å²) < 4.78 is 5.05. The molecule has 0 unspecified atom stereocenters. The molecule has 7 heteroatoms. The zero-order valence-corrected chi connectivity index (χ0v) is 11.7. The van der Waals surface area contributed by atoms with Crippen molar-refractivity contribution in [2.45, 2.75) is 13.3 Å². The molecule has 1 aromatic carbocycles. The Morgan fingerprint density at radius 2 is 2.05 bits per heavy atom. The standard InChI is InChI=1S/C14H16N4O3/c1-11(19)15-8-5-9-21-14(20)13-10-16-18(17-13)12-6-3-2-4-7-12/h2-4,6-7,10H,5,8-9H2,1H3,(H,15,19). The van der Waals surface area contributed by atoms with Gasteiger partial charge in [-0.15, -0.1) is 5.10 Å². The molecule has 0 saturated heterocycles. The number of hydrogen-bond acceptors (Lipinski definition) is 5. The van der Waals surface area contributed by atoms with E-state index in [0.717, 1.165) is 5.69 Å². The van der Waals surface area contributed by atoms with Gasteiger partial charge in [0.2, 0.25) is 5.91 Å². The number of rotatable bonds is 6. The molecule has 21 heavy (non-hydrogen) atoms. The zero-order valence-electron chi connectivity index (χ0n) is 11.7.